The first kappa shape index (κ1) is 23.3. The average Bonchev–Trinajstić information content (AvgIpc) is 3.36. The maximum Gasteiger partial charge on any atom is 0.206 e. The molecule has 0 saturated carbocycles. The van der Waals surface area contributed by atoms with Gasteiger partial charge in [-0.3, -0.25) is 14.8 Å². The Morgan fingerprint density at radius 2 is 1.80 bits per heavy atom. The molecule has 180 valence electrons. The van der Waals surface area contributed by atoms with Gasteiger partial charge in [0.2, 0.25) is 9.84 Å². The number of nitrogens with zero attached hydrogens (tertiary/aromatic N) is 3. The standard InChI is InChI=1S/C26H26N4O4S/c31-24(21-15-22-17-28-29-26(22)27-16-21)10-7-19-5-8-23(9-6-19)35(32,33)25-4-2-1-3-20(25)18-30-11-13-34-14-12-30/h1-6,8-9,15-17H,7,10-14,18H2,(H,27,28,29). The number of aromatic nitrogens is 3. The summed E-state index contributed by atoms with van der Waals surface area (Å²) in [6.07, 6.45) is 4.00. The van der Waals surface area contributed by atoms with Gasteiger partial charge in [-0.2, -0.15) is 5.10 Å². The molecule has 0 radical (unpaired) electrons. The van der Waals surface area contributed by atoms with E-state index in [1.807, 2.05) is 12.1 Å². The number of fused-ring (bicyclic) bond motifs is 1. The Balaban J connectivity index is 1.28. The van der Waals surface area contributed by atoms with Crippen molar-refractivity contribution in [3.05, 3.63) is 83.7 Å². The maximum absolute atomic E-state index is 13.4. The fourth-order valence-electron chi connectivity index (χ4n) is 4.25. The van der Waals surface area contributed by atoms with Gasteiger partial charge in [-0.05, 0) is 41.8 Å². The monoisotopic (exact) mass is 490 g/mol. The number of carbonyl (C=O) groups excluding carboxylic acids is 1. The first-order valence-corrected chi connectivity index (χ1v) is 13.0. The fourth-order valence-corrected chi connectivity index (χ4v) is 5.73. The molecule has 1 saturated heterocycles. The number of hydrogen-bond donors (Lipinski definition) is 1. The molecule has 5 rings (SSSR count). The van der Waals surface area contributed by atoms with Crippen molar-refractivity contribution in [2.75, 3.05) is 26.3 Å². The second-order valence-corrected chi connectivity index (χ2v) is 10.5. The van der Waals surface area contributed by atoms with Gasteiger partial charge in [0.1, 0.15) is 0 Å². The predicted octanol–water partition coefficient (Wildman–Crippen LogP) is 3.44. The number of sulfone groups is 1. The second-order valence-electron chi connectivity index (χ2n) is 8.60. The first-order valence-electron chi connectivity index (χ1n) is 11.5. The zero-order valence-electron chi connectivity index (χ0n) is 19.2. The number of benzene rings is 2. The lowest BCUT2D eigenvalue weighted by Gasteiger charge is -2.27. The number of ketones is 1. The quantitative estimate of drug-likeness (QED) is 0.377. The lowest BCUT2D eigenvalue weighted by molar-refractivity contribution is 0.0338. The number of aromatic amines is 1. The van der Waals surface area contributed by atoms with Crippen LogP contribution in [0.25, 0.3) is 11.0 Å². The molecule has 2 aromatic heterocycles. The van der Waals surface area contributed by atoms with Gasteiger partial charge < -0.3 is 4.74 Å². The second kappa shape index (κ2) is 10.1. The van der Waals surface area contributed by atoms with Crippen LogP contribution < -0.4 is 0 Å². The fraction of sp³-hybridized carbons (Fsp3) is 0.269. The maximum atomic E-state index is 13.4. The van der Waals surface area contributed by atoms with Crippen LogP contribution in [-0.2, 0) is 27.5 Å². The van der Waals surface area contributed by atoms with Crippen molar-refractivity contribution in [3.8, 4) is 0 Å². The van der Waals surface area contributed by atoms with E-state index in [2.05, 4.69) is 20.1 Å². The van der Waals surface area contributed by atoms with E-state index in [4.69, 9.17) is 4.74 Å². The molecule has 0 unspecified atom stereocenters. The number of H-pyrrole nitrogens is 1. The van der Waals surface area contributed by atoms with Gasteiger partial charge in [0.05, 0.1) is 29.2 Å². The molecule has 2 aromatic carbocycles. The average molecular weight is 491 g/mol. The number of morpholine rings is 1. The van der Waals surface area contributed by atoms with Crippen molar-refractivity contribution in [3.63, 3.8) is 0 Å². The predicted molar refractivity (Wildman–Crippen MR) is 131 cm³/mol. The van der Waals surface area contributed by atoms with Crippen LogP contribution >= 0.6 is 0 Å². The van der Waals surface area contributed by atoms with E-state index in [0.29, 0.717) is 48.7 Å². The van der Waals surface area contributed by atoms with Gasteiger partial charge in [-0.15, -0.1) is 0 Å². The van der Waals surface area contributed by atoms with Crippen molar-refractivity contribution in [1.82, 2.24) is 20.1 Å². The van der Waals surface area contributed by atoms with Crippen LogP contribution in [0.5, 0.6) is 0 Å². The SMILES string of the molecule is O=C(CCc1ccc(S(=O)(=O)c2ccccc2CN2CCOCC2)cc1)c1cnc2[nH]ncc2c1. The van der Waals surface area contributed by atoms with Crippen molar-refractivity contribution in [2.45, 2.75) is 29.2 Å². The highest BCUT2D eigenvalue weighted by molar-refractivity contribution is 7.91. The number of nitrogens with one attached hydrogen (secondary N) is 1. The van der Waals surface area contributed by atoms with Gasteiger partial charge in [0.15, 0.2) is 11.4 Å². The zero-order chi connectivity index (χ0) is 24.3. The highest BCUT2D eigenvalue weighted by atomic mass is 32.2. The number of pyridine rings is 1. The third-order valence-electron chi connectivity index (χ3n) is 6.25. The lowest BCUT2D eigenvalue weighted by atomic mass is 10.0. The van der Waals surface area contributed by atoms with E-state index in [0.717, 1.165) is 29.6 Å². The van der Waals surface area contributed by atoms with E-state index in [9.17, 15) is 13.2 Å². The highest BCUT2D eigenvalue weighted by Gasteiger charge is 2.23. The largest absolute Gasteiger partial charge is 0.379 e. The topological polar surface area (TPSA) is 105 Å². The Hall–Kier alpha value is -3.40. The summed E-state index contributed by atoms with van der Waals surface area (Å²) in [5.74, 6) is -0.0191. The molecule has 1 N–H and O–H groups in total. The lowest BCUT2D eigenvalue weighted by Crippen LogP contribution is -2.36. The molecule has 0 amide bonds. The molecule has 4 aromatic rings. The Morgan fingerprint density at radius 3 is 2.60 bits per heavy atom. The van der Waals surface area contributed by atoms with Crippen LogP contribution in [0, 0.1) is 0 Å². The number of ether oxygens (including phenoxy) is 1. The number of aryl methyl sites for hydroxylation is 1. The van der Waals surface area contributed by atoms with Crippen LogP contribution in [0.15, 0.2) is 76.8 Å². The Morgan fingerprint density at radius 1 is 1.03 bits per heavy atom. The molecule has 0 spiro atoms. The van der Waals surface area contributed by atoms with Gasteiger partial charge in [0, 0.05) is 43.2 Å². The molecule has 1 fully saturated rings. The summed E-state index contributed by atoms with van der Waals surface area (Å²) in [5.41, 5.74) is 2.86. The minimum Gasteiger partial charge on any atom is -0.379 e. The summed E-state index contributed by atoms with van der Waals surface area (Å²) in [7, 11) is -3.67. The molecule has 3 heterocycles. The molecule has 35 heavy (non-hydrogen) atoms. The zero-order valence-corrected chi connectivity index (χ0v) is 20.0. The van der Waals surface area contributed by atoms with Gasteiger partial charge >= 0.3 is 0 Å². The van der Waals surface area contributed by atoms with Crippen molar-refractivity contribution >= 4 is 26.7 Å². The Labute approximate surface area is 203 Å². The number of Topliss-reactive ketones (excluding diaryl/α,β-unsaturated/α-hetero) is 1. The third kappa shape index (κ3) is 5.17. The summed E-state index contributed by atoms with van der Waals surface area (Å²) in [6.45, 7) is 3.46. The van der Waals surface area contributed by atoms with E-state index in [1.165, 1.54) is 0 Å². The van der Waals surface area contributed by atoms with Crippen LogP contribution in [-0.4, -0.2) is 60.6 Å². The smallest absolute Gasteiger partial charge is 0.206 e. The van der Waals surface area contributed by atoms with E-state index in [-0.39, 0.29) is 10.7 Å². The van der Waals surface area contributed by atoms with Crippen LogP contribution in [0.4, 0.5) is 0 Å². The number of carbonyl (C=O) groups is 1. The summed E-state index contributed by atoms with van der Waals surface area (Å²) >= 11 is 0. The summed E-state index contributed by atoms with van der Waals surface area (Å²) in [4.78, 5) is 19.6. The molecule has 0 atom stereocenters. The molecule has 8 nitrogen and oxygen atoms in total. The van der Waals surface area contributed by atoms with Crippen molar-refractivity contribution < 1.29 is 17.9 Å². The summed E-state index contributed by atoms with van der Waals surface area (Å²) < 4.78 is 32.3. The van der Waals surface area contributed by atoms with E-state index < -0.39 is 9.84 Å². The molecule has 1 aliphatic heterocycles. The number of rotatable bonds is 8. The van der Waals surface area contributed by atoms with Gasteiger partial charge in [0.25, 0.3) is 0 Å². The van der Waals surface area contributed by atoms with Crippen molar-refractivity contribution in [2.24, 2.45) is 0 Å². The molecule has 1 aliphatic rings. The molecular weight excluding hydrogens is 464 g/mol. The van der Waals surface area contributed by atoms with Crippen LogP contribution in [0.3, 0.4) is 0 Å². The molecule has 9 heteroatoms. The van der Waals surface area contributed by atoms with Gasteiger partial charge in [-0.25, -0.2) is 13.4 Å². The third-order valence-corrected chi connectivity index (χ3v) is 8.12. The van der Waals surface area contributed by atoms with Crippen LogP contribution in [0.1, 0.15) is 27.9 Å². The highest BCUT2D eigenvalue weighted by Crippen LogP contribution is 2.26. The number of hydrogen-bond acceptors (Lipinski definition) is 7. The normalized spacial score (nSPS) is 14.9. The van der Waals surface area contributed by atoms with Crippen LogP contribution in [0.2, 0.25) is 0 Å². The molecular formula is C26H26N4O4S. The minimum absolute atomic E-state index is 0.0191. The molecule has 0 aliphatic carbocycles. The summed E-state index contributed by atoms with van der Waals surface area (Å²) in [5, 5.41) is 7.48. The van der Waals surface area contributed by atoms with E-state index in [1.54, 1.807) is 54.9 Å². The van der Waals surface area contributed by atoms with Crippen molar-refractivity contribution in [1.29, 1.82) is 0 Å². The minimum atomic E-state index is -3.67. The van der Waals surface area contributed by atoms with Gasteiger partial charge in [-0.1, -0.05) is 30.3 Å². The summed E-state index contributed by atoms with van der Waals surface area (Å²) in [6, 6.07) is 15.8. The van der Waals surface area contributed by atoms with E-state index >= 15 is 0 Å². The Bertz CT molecular complexity index is 1440. The first-order chi connectivity index (χ1) is 17.0. The molecule has 0 bridgehead atoms. The Kier molecular flexibility index (Phi) is 6.72.